The molecule has 1 N–H and O–H groups in total. The molecule has 4 nitrogen and oxygen atoms in total. The Labute approximate surface area is 126 Å². The number of nitrogens with zero attached hydrogens (tertiary/aromatic N) is 1. The van der Waals surface area contributed by atoms with Crippen LogP contribution < -0.4 is 4.72 Å². The summed E-state index contributed by atoms with van der Waals surface area (Å²) >= 11 is 5.89. The molecular weight excluding hydrogens is 315 g/mol. The number of hydrogen-bond acceptors (Lipinski definition) is 3. The Hall–Kier alpha value is -2.10. The van der Waals surface area contributed by atoms with Crippen LogP contribution in [-0.2, 0) is 10.0 Å². The van der Waals surface area contributed by atoms with Crippen LogP contribution in [0.5, 0.6) is 0 Å². The number of sulfonamides is 1. The molecule has 0 aliphatic heterocycles. The van der Waals surface area contributed by atoms with Crippen molar-refractivity contribution in [3.8, 4) is 6.07 Å². The van der Waals surface area contributed by atoms with Gasteiger partial charge in [-0.3, -0.25) is 4.72 Å². The highest BCUT2D eigenvalue weighted by atomic mass is 35.5. The van der Waals surface area contributed by atoms with E-state index in [-0.39, 0.29) is 26.7 Å². The van der Waals surface area contributed by atoms with Crippen molar-refractivity contribution < 1.29 is 12.8 Å². The molecular formula is C14H10ClFN2O2S. The van der Waals surface area contributed by atoms with E-state index in [1.807, 2.05) is 6.07 Å². The minimum absolute atomic E-state index is 0.0735. The van der Waals surface area contributed by atoms with Gasteiger partial charge in [0.15, 0.2) is 0 Å². The summed E-state index contributed by atoms with van der Waals surface area (Å²) in [5.41, 5.74) is 0.571. The van der Waals surface area contributed by atoms with Crippen LogP contribution in [0.15, 0.2) is 41.3 Å². The fourth-order valence-electron chi connectivity index (χ4n) is 1.71. The van der Waals surface area contributed by atoms with Gasteiger partial charge in [0.25, 0.3) is 10.0 Å². The first-order chi connectivity index (χ1) is 9.85. The molecule has 0 aromatic heterocycles. The normalized spacial score (nSPS) is 11.0. The average Bonchev–Trinajstić information content (AvgIpc) is 2.43. The van der Waals surface area contributed by atoms with Crippen LogP contribution >= 0.6 is 11.6 Å². The predicted molar refractivity (Wildman–Crippen MR) is 78.1 cm³/mol. The molecule has 21 heavy (non-hydrogen) atoms. The van der Waals surface area contributed by atoms with Gasteiger partial charge < -0.3 is 0 Å². The molecule has 0 atom stereocenters. The van der Waals surface area contributed by atoms with Gasteiger partial charge in [0.2, 0.25) is 0 Å². The molecule has 7 heteroatoms. The summed E-state index contributed by atoms with van der Waals surface area (Å²) in [6.45, 7) is 1.47. The van der Waals surface area contributed by atoms with Crippen LogP contribution in [-0.4, -0.2) is 8.42 Å². The molecule has 0 spiro atoms. The van der Waals surface area contributed by atoms with Crippen molar-refractivity contribution >= 4 is 27.3 Å². The number of hydrogen-bond donors (Lipinski definition) is 1. The molecule has 0 aliphatic rings. The number of anilines is 1. The Bertz CT molecular complexity index is 845. The zero-order valence-electron chi connectivity index (χ0n) is 10.9. The molecule has 0 heterocycles. The van der Waals surface area contributed by atoms with E-state index in [4.69, 9.17) is 16.9 Å². The first-order valence-electron chi connectivity index (χ1n) is 5.83. The van der Waals surface area contributed by atoms with Crippen molar-refractivity contribution in [2.45, 2.75) is 11.8 Å². The lowest BCUT2D eigenvalue weighted by molar-refractivity contribution is 0.601. The third-order valence-corrected chi connectivity index (χ3v) is 4.71. The Kier molecular flexibility index (Phi) is 4.16. The minimum Gasteiger partial charge on any atom is -0.279 e. The molecule has 2 aromatic carbocycles. The van der Waals surface area contributed by atoms with E-state index in [0.29, 0.717) is 0 Å². The minimum atomic E-state index is -3.97. The monoisotopic (exact) mass is 324 g/mol. The Balaban J connectivity index is 2.44. The molecule has 0 unspecified atom stereocenters. The van der Waals surface area contributed by atoms with Crippen LogP contribution in [0.3, 0.4) is 0 Å². The van der Waals surface area contributed by atoms with Crippen LogP contribution in [0.25, 0.3) is 0 Å². The number of benzene rings is 2. The van der Waals surface area contributed by atoms with Gasteiger partial charge in [-0.1, -0.05) is 17.7 Å². The molecule has 0 radical (unpaired) electrons. The van der Waals surface area contributed by atoms with Gasteiger partial charge in [0, 0.05) is 5.56 Å². The highest BCUT2D eigenvalue weighted by Gasteiger charge is 2.19. The van der Waals surface area contributed by atoms with Crippen molar-refractivity contribution in [1.29, 1.82) is 5.26 Å². The second-order valence-corrected chi connectivity index (χ2v) is 6.33. The average molecular weight is 325 g/mol. The molecule has 0 aliphatic carbocycles. The van der Waals surface area contributed by atoms with E-state index in [1.54, 1.807) is 0 Å². The van der Waals surface area contributed by atoms with Gasteiger partial charge in [0.05, 0.1) is 22.3 Å². The van der Waals surface area contributed by atoms with Crippen molar-refractivity contribution in [3.63, 3.8) is 0 Å². The van der Waals surface area contributed by atoms with Gasteiger partial charge >= 0.3 is 0 Å². The Morgan fingerprint density at radius 3 is 2.62 bits per heavy atom. The van der Waals surface area contributed by atoms with Crippen molar-refractivity contribution in [3.05, 3.63) is 58.4 Å². The van der Waals surface area contributed by atoms with Crippen molar-refractivity contribution in [2.75, 3.05) is 4.72 Å². The van der Waals surface area contributed by atoms with E-state index in [9.17, 15) is 12.8 Å². The number of rotatable bonds is 3. The van der Waals surface area contributed by atoms with Gasteiger partial charge in [0.1, 0.15) is 10.7 Å². The van der Waals surface area contributed by atoms with Crippen molar-refractivity contribution in [2.24, 2.45) is 0 Å². The van der Waals surface area contributed by atoms with E-state index in [2.05, 4.69) is 4.72 Å². The molecule has 0 saturated heterocycles. The lowest BCUT2D eigenvalue weighted by Gasteiger charge is -2.12. The number of nitrogens with one attached hydrogen (secondary N) is 1. The van der Waals surface area contributed by atoms with Crippen molar-refractivity contribution in [1.82, 2.24) is 0 Å². The molecule has 0 amide bonds. The fourth-order valence-corrected chi connectivity index (χ4v) is 3.37. The van der Waals surface area contributed by atoms with E-state index >= 15 is 0 Å². The molecule has 0 saturated carbocycles. The maximum absolute atomic E-state index is 13.4. The largest absolute Gasteiger partial charge is 0.279 e. The molecule has 2 rings (SSSR count). The Morgan fingerprint density at radius 2 is 2.00 bits per heavy atom. The lowest BCUT2D eigenvalue weighted by Crippen LogP contribution is -2.14. The molecule has 2 aromatic rings. The number of halogens is 2. The summed E-state index contributed by atoms with van der Waals surface area (Å²) in [7, 11) is -3.97. The van der Waals surface area contributed by atoms with Gasteiger partial charge in [-0.25, -0.2) is 12.8 Å². The second-order valence-electron chi connectivity index (χ2n) is 4.27. The number of nitriles is 1. The van der Waals surface area contributed by atoms with Crippen LogP contribution in [0, 0.1) is 24.1 Å². The summed E-state index contributed by atoms with van der Waals surface area (Å²) in [6.07, 6.45) is 0. The highest BCUT2D eigenvalue weighted by Crippen LogP contribution is 2.26. The van der Waals surface area contributed by atoms with Gasteiger partial charge in [-0.2, -0.15) is 5.26 Å². The molecule has 108 valence electrons. The first-order valence-corrected chi connectivity index (χ1v) is 7.69. The van der Waals surface area contributed by atoms with Gasteiger partial charge in [-0.05, 0) is 37.3 Å². The highest BCUT2D eigenvalue weighted by molar-refractivity contribution is 7.92. The smallest absolute Gasteiger partial charge is 0.263 e. The topological polar surface area (TPSA) is 70.0 Å². The van der Waals surface area contributed by atoms with Crippen LogP contribution in [0.1, 0.15) is 11.1 Å². The Morgan fingerprint density at radius 1 is 1.29 bits per heavy atom. The maximum Gasteiger partial charge on any atom is 0.263 e. The van der Waals surface area contributed by atoms with Gasteiger partial charge in [-0.15, -0.1) is 0 Å². The van der Waals surface area contributed by atoms with Crippen LogP contribution in [0.4, 0.5) is 10.1 Å². The summed E-state index contributed by atoms with van der Waals surface area (Å²) in [6, 6.07) is 9.80. The quantitative estimate of drug-likeness (QED) is 0.940. The van der Waals surface area contributed by atoms with Crippen LogP contribution in [0.2, 0.25) is 5.02 Å². The summed E-state index contributed by atoms with van der Waals surface area (Å²) in [4.78, 5) is -0.174. The third-order valence-electron chi connectivity index (χ3n) is 2.86. The molecule has 0 fully saturated rings. The SMILES string of the molecule is Cc1c(F)cccc1NS(=O)(=O)c1ccc(C#N)cc1Cl. The van der Waals surface area contributed by atoms with E-state index in [0.717, 1.165) is 0 Å². The third kappa shape index (κ3) is 3.15. The maximum atomic E-state index is 13.4. The zero-order valence-corrected chi connectivity index (χ0v) is 12.5. The fraction of sp³-hybridized carbons (Fsp3) is 0.0714. The first kappa shape index (κ1) is 15.3. The van der Waals surface area contributed by atoms with E-state index < -0.39 is 15.8 Å². The standard InChI is InChI=1S/C14H10ClFN2O2S/c1-9-12(16)3-2-4-13(9)18-21(19,20)14-6-5-10(8-17)7-11(14)15/h2-7,18H,1H3. The zero-order chi connectivity index (χ0) is 15.6. The lowest BCUT2D eigenvalue weighted by atomic mass is 10.2. The summed E-state index contributed by atoms with van der Waals surface area (Å²) in [5, 5.41) is 8.67. The van der Waals surface area contributed by atoms with E-state index in [1.165, 1.54) is 43.3 Å². The molecule has 0 bridgehead atoms. The summed E-state index contributed by atoms with van der Waals surface area (Å²) < 4.78 is 40.3. The second kappa shape index (κ2) is 5.72. The summed E-state index contributed by atoms with van der Waals surface area (Å²) in [5.74, 6) is -0.513. The predicted octanol–water partition coefficient (Wildman–Crippen LogP) is 3.46.